The summed E-state index contributed by atoms with van der Waals surface area (Å²) in [5.74, 6) is 1.63. The van der Waals surface area contributed by atoms with Crippen molar-refractivity contribution >= 4 is 5.69 Å². The number of hydrogen-bond acceptors (Lipinski definition) is 3. The fourth-order valence-corrected chi connectivity index (χ4v) is 2.09. The predicted octanol–water partition coefficient (Wildman–Crippen LogP) is 2.77. The van der Waals surface area contributed by atoms with Crippen molar-refractivity contribution in [3.05, 3.63) is 23.8 Å². The molecule has 1 aliphatic rings. The molecule has 0 spiro atoms. The van der Waals surface area contributed by atoms with E-state index in [4.69, 9.17) is 15.2 Å². The van der Waals surface area contributed by atoms with Gasteiger partial charge in [-0.05, 0) is 43.7 Å². The third kappa shape index (κ3) is 3.63. The number of nitrogens with two attached hydrogens (primary N) is 1. The Bertz CT molecular complexity index is 359. The smallest absolute Gasteiger partial charge is 0.121 e. The zero-order chi connectivity index (χ0) is 12.1. The van der Waals surface area contributed by atoms with Crippen LogP contribution in [0.15, 0.2) is 18.2 Å². The van der Waals surface area contributed by atoms with Crippen LogP contribution < -0.4 is 10.5 Å². The molecule has 1 aromatic carbocycles. The lowest BCUT2D eigenvalue weighted by molar-refractivity contribution is 0.0593. The number of hydrogen-bond donors (Lipinski definition) is 1. The normalized spacial score (nSPS) is 17.0. The molecule has 3 nitrogen and oxygen atoms in total. The molecule has 1 aromatic rings. The molecule has 0 aromatic heterocycles. The Morgan fingerprint density at radius 2 is 2.12 bits per heavy atom. The summed E-state index contributed by atoms with van der Waals surface area (Å²) in [6.07, 6.45) is 3.44. The van der Waals surface area contributed by atoms with Crippen molar-refractivity contribution in [2.45, 2.75) is 26.2 Å². The molecule has 1 aliphatic heterocycles. The molecule has 3 heteroatoms. The van der Waals surface area contributed by atoms with E-state index >= 15 is 0 Å². The lowest BCUT2D eigenvalue weighted by Gasteiger charge is -2.21. The van der Waals surface area contributed by atoms with Gasteiger partial charge in [-0.25, -0.2) is 0 Å². The molecule has 0 bridgehead atoms. The highest BCUT2D eigenvalue weighted by Crippen LogP contribution is 2.21. The Hall–Kier alpha value is -1.22. The van der Waals surface area contributed by atoms with Gasteiger partial charge in [0, 0.05) is 25.0 Å². The zero-order valence-corrected chi connectivity index (χ0v) is 10.4. The number of rotatable bonds is 4. The largest absolute Gasteiger partial charge is 0.494 e. The van der Waals surface area contributed by atoms with Gasteiger partial charge in [0.2, 0.25) is 0 Å². The minimum atomic E-state index is 0.756. The number of ether oxygens (including phenoxy) is 2. The lowest BCUT2D eigenvalue weighted by Crippen LogP contribution is -2.17. The Balaban J connectivity index is 1.75. The van der Waals surface area contributed by atoms with Crippen molar-refractivity contribution in [3.8, 4) is 5.75 Å². The highest BCUT2D eigenvalue weighted by Gasteiger charge is 2.13. The van der Waals surface area contributed by atoms with Gasteiger partial charge in [0.15, 0.2) is 0 Å². The van der Waals surface area contributed by atoms with Gasteiger partial charge < -0.3 is 15.2 Å². The molecule has 1 saturated heterocycles. The molecule has 94 valence electrons. The van der Waals surface area contributed by atoms with Crippen molar-refractivity contribution in [3.63, 3.8) is 0 Å². The number of aryl methyl sites for hydroxylation is 1. The van der Waals surface area contributed by atoms with E-state index in [1.165, 1.54) is 12.8 Å². The van der Waals surface area contributed by atoms with E-state index in [2.05, 4.69) is 0 Å². The van der Waals surface area contributed by atoms with Crippen LogP contribution in [0.2, 0.25) is 0 Å². The minimum absolute atomic E-state index is 0.756. The van der Waals surface area contributed by atoms with Crippen molar-refractivity contribution in [1.82, 2.24) is 0 Å². The van der Waals surface area contributed by atoms with Gasteiger partial charge in [-0.2, -0.15) is 0 Å². The van der Waals surface area contributed by atoms with Gasteiger partial charge in [-0.15, -0.1) is 0 Å². The van der Waals surface area contributed by atoms with Crippen LogP contribution in [0.5, 0.6) is 5.75 Å². The Kier molecular flexibility index (Phi) is 4.26. The first-order valence-corrected chi connectivity index (χ1v) is 6.32. The molecule has 0 atom stereocenters. The van der Waals surface area contributed by atoms with E-state index in [9.17, 15) is 0 Å². The molecular weight excluding hydrogens is 214 g/mol. The second-order valence-electron chi connectivity index (χ2n) is 4.71. The van der Waals surface area contributed by atoms with Crippen molar-refractivity contribution in [2.24, 2.45) is 5.92 Å². The Labute approximate surface area is 103 Å². The van der Waals surface area contributed by atoms with Crippen LogP contribution in [0.4, 0.5) is 5.69 Å². The van der Waals surface area contributed by atoms with Gasteiger partial charge in [0.05, 0.1) is 6.61 Å². The van der Waals surface area contributed by atoms with Gasteiger partial charge in [0.25, 0.3) is 0 Å². The number of benzene rings is 1. The molecule has 1 fully saturated rings. The second-order valence-corrected chi connectivity index (χ2v) is 4.71. The molecule has 17 heavy (non-hydrogen) atoms. The maximum atomic E-state index is 5.84. The average molecular weight is 235 g/mol. The standard InChI is InChI=1S/C14H21NO2/c1-11-2-3-13(10-14(11)15)17-9-6-12-4-7-16-8-5-12/h2-3,10,12H,4-9,15H2,1H3. The Morgan fingerprint density at radius 1 is 1.35 bits per heavy atom. The first-order valence-electron chi connectivity index (χ1n) is 6.32. The molecule has 1 heterocycles. The SMILES string of the molecule is Cc1ccc(OCCC2CCOCC2)cc1N. The molecule has 0 aliphatic carbocycles. The summed E-state index contributed by atoms with van der Waals surface area (Å²) in [5, 5.41) is 0. The molecule has 0 unspecified atom stereocenters. The summed E-state index contributed by atoms with van der Waals surface area (Å²) in [6.45, 7) is 4.58. The highest BCUT2D eigenvalue weighted by molar-refractivity contribution is 5.50. The summed E-state index contributed by atoms with van der Waals surface area (Å²) in [7, 11) is 0. The first-order chi connectivity index (χ1) is 8.25. The van der Waals surface area contributed by atoms with Crippen LogP contribution in [0, 0.1) is 12.8 Å². The maximum absolute atomic E-state index is 5.84. The monoisotopic (exact) mass is 235 g/mol. The molecule has 0 saturated carbocycles. The van der Waals surface area contributed by atoms with Crippen LogP contribution in [-0.2, 0) is 4.74 Å². The summed E-state index contributed by atoms with van der Waals surface area (Å²) >= 11 is 0. The number of anilines is 1. The highest BCUT2D eigenvalue weighted by atomic mass is 16.5. The average Bonchev–Trinajstić information content (AvgIpc) is 2.35. The van der Waals surface area contributed by atoms with Gasteiger partial charge >= 0.3 is 0 Å². The molecule has 0 radical (unpaired) electrons. The summed E-state index contributed by atoms with van der Waals surface area (Å²) in [5.41, 5.74) is 7.74. The quantitative estimate of drug-likeness (QED) is 0.816. The fraction of sp³-hybridized carbons (Fsp3) is 0.571. The lowest BCUT2D eigenvalue weighted by atomic mass is 9.97. The summed E-state index contributed by atoms with van der Waals surface area (Å²) in [4.78, 5) is 0. The van der Waals surface area contributed by atoms with E-state index < -0.39 is 0 Å². The Morgan fingerprint density at radius 3 is 2.82 bits per heavy atom. The molecular formula is C14H21NO2. The van der Waals surface area contributed by atoms with E-state index in [1.54, 1.807) is 0 Å². The fourth-order valence-electron chi connectivity index (χ4n) is 2.09. The third-order valence-electron chi connectivity index (χ3n) is 3.39. The number of nitrogen functional groups attached to an aromatic ring is 1. The van der Waals surface area contributed by atoms with Crippen molar-refractivity contribution in [1.29, 1.82) is 0 Å². The summed E-state index contributed by atoms with van der Waals surface area (Å²) < 4.78 is 11.1. The van der Waals surface area contributed by atoms with Gasteiger partial charge in [0.1, 0.15) is 5.75 Å². The van der Waals surface area contributed by atoms with Gasteiger partial charge in [-0.3, -0.25) is 0 Å². The predicted molar refractivity (Wildman–Crippen MR) is 69.2 cm³/mol. The molecule has 0 amide bonds. The minimum Gasteiger partial charge on any atom is -0.494 e. The van der Waals surface area contributed by atoms with E-state index in [1.807, 2.05) is 25.1 Å². The van der Waals surface area contributed by atoms with Crippen molar-refractivity contribution in [2.75, 3.05) is 25.6 Å². The van der Waals surface area contributed by atoms with E-state index in [0.29, 0.717) is 0 Å². The second kappa shape index (κ2) is 5.92. The molecule has 2 rings (SSSR count). The maximum Gasteiger partial charge on any atom is 0.121 e. The third-order valence-corrected chi connectivity index (χ3v) is 3.39. The van der Waals surface area contributed by atoms with Gasteiger partial charge in [-0.1, -0.05) is 6.07 Å². The van der Waals surface area contributed by atoms with Crippen LogP contribution in [0.1, 0.15) is 24.8 Å². The topological polar surface area (TPSA) is 44.5 Å². The van der Waals surface area contributed by atoms with Crippen LogP contribution in [0.25, 0.3) is 0 Å². The van der Waals surface area contributed by atoms with Crippen molar-refractivity contribution < 1.29 is 9.47 Å². The first kappa shape index (κ1) is 12.2. The zero-order valence-electron chi connectivity index (χ0n) is 10.4. The van der Waals surface area contributed by atoms with E-state index in [-0.39, 0.29) is 0 Å². The molecule has 2 N–H and O–H groups in total. The van der Waals surface area contributed by atoms with Crippen LogP contribution in [0.3, 0.4) is 0 Å². The van der Waals surface area contributed by atoms with Crippen LogP contribution in [-0.4, -0.2) is 19.8 Å². The summed E-state index contributed by atoms with van der Waals surface area (Å²) in [6, 6.07) is 5.88. The van der Waals surface area contributed by atoms with Crippen LogP contribution >= 0.6 is 0 Å². The van der Waals surface area contributed by atoms with E-state index in [0.717, 1.165) is 49.2 Å².